The van der Waals surface area contributed by atoms with Gasteiger partial charge in [0.15, 0.2) is 0 Å². The molecule has 1 unspecified atom stereocenters. The van der Waals surface area contributed by atoms with E-state index in [-0.39, 0.29) is 22.9 Å². The Hall–Kier alpha value is -1.83. The van der Waals surface area contributed by atoms with Gasteiger partial charge in [-0.2, -0.15) is 0 Å². The summed E-state index contributed by atoms with van der Waals surface area (Å²) in [7, 11) is -2.41. The average molecular weight is 311 g/mol. The Morgan fingerprint density at radius 2 is 2.00 bits per heavy atom. The molecule has 2 rings (SSSR count). The van der Waals surface area contributed by atoms with Crippen molar-refractivity contribution in [3.05, 3.63) is 48.4 Å². The number of aliphatic hydroxyl groups is 1. The van der Waals surface area contributed by atoms with Crippen molar-refractivity contribution in [2.24, 2.45) is 0 Å². The molecule has 7 heteroatoms. The molecule has 0 saturated heterocycles. The second kappa shape index (κ2) is 5.88. The van der Waals surface area contributed by atoms with Crippen LogP contribution in [0.1, 0.15) is 12.7 Å². The molecule has 0 spiro atoms. The minimum Gasteiger partial charge on any atom is -0.495 e. The number of para-hydroxylation sites is 1. The summed E-state index contributed by atoms with van der Waals surface area (Å²) < 4.78 is 37.1. The van der Waals surface area contributed by atoms with Crippen molar-refractivity contribution in [3.63, 3.8) is 0 Å². The van der Waals surface area contributed by atoms with E-state index in [9.17, 15) is 13.5 Å². The molecule has 0 saturated carbocycles. The van der Waals surface area contributed by atoms with Gasteiger partial charge in [-0.25, -0.2) is 13.1 Å². The van der Waals surface area contributed by atoms with Crippen molar-refractivity contribution < 1.29 is 22.7 Å². The fourth-order valence-electron chi connectivity index (χ4n) is 1.83. The summed E-state index contributed by atoms with van der Waals surface area (Å²) in [5.74, 6) is 0.521. The normalized spacial score (nSPS) is 14.6. The van der Waals surface area contributed by atoms with Crippen LogP contribution in [0.25, 0.3) is 0 Å². The van der Waals surface area contributed by atoms with E-state index in [4.69, 9.17) is 9.15 Å². The van der Waals surface area contributed by atoms with Gasteiger partial charge >= 0.3 is 0 Å². The maximum Gasteiger partial charge on any atom is 0.244 e. The molecular weight excluding hydrogens is 294 g/mol. The van der Waals surface area contributed by atoms with Gasteiger partial charge in [-0.05, 0) is 31.2 Å². The summed E-state index contributed by atoms with van der Waals surface area (Å²) in [6.07, 6.45) is 1.42. The third-order valence-corrected chi connectivity index (χ3v) is 4.46. The summed E-state index contributed by atoms with van der Waals surface area (Å²) in [6, 6.07) is 9.47. The fraction of sp³-hybridized carbons (Fsp3) is 0.286. The van der Waals surface area contributed by atoms with Crippen LogP contribution >= 0.6 is 0 Å². The molecule has 0 fully saturated rings. The molecule has 21 heavy (non-hydrogen) atoms. The number of hydrogen-bond donors (Lipinski definition) is 2. The first kappa shape index (κ1) is 15.6. The van der Waals surface area contributed by atoms with Crippen LogP contribution in [0.2, 0.25) is 0 Å². The Morgan fingerprint density at radius 1 is 1.29 bits per heavy atom. The van der Waals surface area contributed by atoms with Gasteiger partial charge in [0.2, 0.25) is 10.0 Å². The van der Waals surface area contributed by atoms with Gasteiger partial charge in [0.25, 0.3) is 0 Å². The van der Waals surface area contributed by atoms with E-state index < -0.39 is 15.6 Å². The minimum atomic E-state index is -3.80. The predicted molar refractivity (Wildman–Crippen MR) is 76.5 cm³/mol. The minimum absolute atomic E-state index is 0.0164. The summed E-state index contributed by atoms with van der Waals surface area (Å²) in [5, 5.41) is 10.3. The molecule has 1 aromatic heterocycles. The molecular formula is C14H17NO5S. The van der Waals surface area contributed by atoms with Gasteiger partial charge in [-0.1, -0.05) is 12.1 Å². The van der Waals surface area contributed by atoms with E-state index in [1.165, 1.54) is 26.4 Å². The highest BCUT2D eigenvalue weighted by Gasteiger charge is 2.29. The van der Waals surface area contributed by atoms with Crippen LogP contribution in [0.3, 0.4) is 0 Å². The van der Waals surface area contributed by atoms with Crippen LogP contribution < -0.4 is 9.46 Å². The van der Waals surface area contributed by atoms with Gasteiger partial charge < -0.3 is 14.3 Å². The fourth-order valence-corrected chi connectivity index (χ4v) is 3.13. The van der Waals surface area contributed by atoms with Crippen LogP contribution in [0.15, 0.2) is 52.0 Å². The second-order valence-electron chi connectivity index (χ2n) is 4.73. The van der Waals surface area contributed by atoms with E-state index in [0.29, 0.717) is 0 Å². The Balaban J connectivity index is 2.19. The third kappa shape index (κ3) is 3.44. The number of rotatable bonds is 6. The van der Waals surface area contributed by atoms with Gasteiger partial charge in [-0.3, -0.25) is 0 Å². The maximum atomic E-state index is 12.3. The Bertz CT molecular complexity index is 692. The maximum absolute atomic E-state index is 12.3. The standard InChI is InChI=1S/C14H17NO5S/c1-14(16,13-8-5-9-20-13)10-15-21(17,18)12-7-4-3-6-11(12)19-2/h3-9,15-16H,10H2,1-2H3. The molecule has 2 N–H and O–H groups in total. The number of methoxy groups -OCH3 is 1. The topological polar surface area (TPSA) is 88.8 Å². The second-order valence-corrected chi connectivity index (χ2v) is 6.46. The van der Waals surface area contributed by atoms with Crippen LogP contribution in [0.5, 0.6) is 5.75 Å². The lowest BCUT2D eigenvalue weighted by molar-refractivity contribution is 0.0395. The summed E-state index contributed by atoms with van der Waals surface area (Å²) in [5.41, 5.74) is -1.45. The van der Waals surface area contributed by atoms with Crippen molar-refractivity contribution in [1.29, 1.82) is 0 Å². The highest BCUT2D eigenvalue weighted by atomic mass is 32.2. The van der Waals surface area contributed by atoms with Gasteiger partial charge in [-0.15, -0.1) is 0 Å². The number of benzene rings is 1. The monoisotopic (exact) mass is 311 g/mol. The lowest BCUT2D eigenvalue weighted by atomic mass is 10.1. The van der Waals surface area contributed by atoms with E-state index in [1.807, 2.05) is 0 Å². The van der Waals surface area contributed by atoms with Crippen LogP contribution in [-0.2, 0) is 15.6 Å². The smallest absolute Gasteiger partial charge is 0.244 e. The zero-order valence-corrected chi connectivity index (χ0v) is 12.6. The van der Waals surface area contributed by atoms with Crippen molar-refractivity contribution in [3.8, 4) is 5.75 Å². The molecule has 0 radical (unpaired) electrons. The molecule has 1 heterocycles. The molecule has 2 aromatic rings. The van der Waals surface area contributed by atoms with Crippen molar-refractivity contribution in [2.75, 3.05) is 13.7 Å². The molecule has 1 aromatic carbocycles. The first-order chi connectivity index (χ1) is 9.87. The molecule has 114 valence electrons. The predicted octanol–water partition coefficient (Wildman–Crippen LogP) is 1.47. The SMILES string of the molecule is COc1ccccc1S(=O)(=O)NCC(C)(O)c1ccco1. The lowest BCUT2D eigenvalue weighted by Crippen LogP contribution is -2.38. The summed E-state index contributed by atoms with van der Waals surface area (Å²) in [4.78, 5) is 0.0164. The zero-order chi connectivity index (χ0) is 15.5. The molecule has 0 aliphatic heterocycles. The Morgan fingerprint density at radius 3 is 2.62 bits per heavy atom. The average Bonchev–Trinajstić information content (AvgIpc) is 3.00. The van der Waals surface area contributed by atoms with E-state index in [2.05, 4.69) is 4.72 Å². The number of furan rings is 1. The molecule has 0 aliphatic rings. The highest BCUT2D eigenvalue weighted by molar-refractivity contribution is 7.89. The Kier molecular flexibility index (Phi) is 4.36. The molecule has 1 atom stereocenters. The molecule has 0 aliphatic carbocycles. The van der Waals surface area contributed by atoms with Crippen molar-refractivity contribution >= 4 is 10.0 Å². The number of nitrogens with one attached hydrogen (secondary N) is 1. The molecule has 0 bridgehead atoms. The van der Waals surface area contributed by atoms with Crippen LogP contribution in [-0.4, -0.2) is 27.2 Å². The Labute approximate surface area is 123 Å². The molecule has 6 nitrogen and oxygen atoms in total. The largest absolute Gasteiger partial charge is 0.495 e. The number of ether oxygens (including phenoxy) is 1. The highest BCUT2D eigenvalue weighted by Crippen LogP contribution is 2.24. The summed E-state index contributed by atoms with van der Waals surface area (Å²) >= 11 is 0. The summed E-state index contributed by atoms with van der Waals surface area (Å²) in [6.45, 7) is 1.25. The van der Waals surface area contributed by atoms with Crippen molar-refractivity contribution in [1.82, 2.24) is 4.72 Å². The lowest BCUT2D eigenvalue weighted by Gasteiger charge is -2.21. The quantitative estimate of drug-likeness (QED) is 0.843. The van der Waals surface area contributed by atoms with Gasteiger partial charge in [0, 0.05) is 6.54 Å². The van der Waals surface area contributed by atoms with Crippen molar-refractivity contribution in [2.45, 2.75) is 17.4 Å². The van der Waals surface area contributed by atoms with Crippen LogP contribution in [0, 0.1) is 0 Å². The van der Waals surface area contributed by atoms with Gasteiger partial charge in [0.1, 0.15) is 22.0 Å². The van der Waals surface area contributed by atoms with E-state index in [1.54, 1.807) is 30.3 Å². The number of hydrogen-bond acceptors (Lipinski definition) is 5. The zero-order valence-electron chi connectivity index (χ0n) is 11.7. The first-order valence-electron chi connectivity index (χ1n) is 6.26. The van der Waals surface area contributed by atoms with E-state index >= 15 is 0 Å². The number of sulfonamides is 1. The van der Waals surface area contributed by atoms with Gasteiger partial charge in [0.05, 0.1) is 13.4 Å². The van der Waals surface area contributed by atoms with Crippen LogP contribution in [0.4, 0.5) is 0 Å². The first-order valence-corrected chi connectivity index (χ1v) is 7.74. The third-order valence-electron chi connectivity index (χ3n) is 3.02. The van der Waals surface area contributed by atoms with E-state index in [0.717, 1.165) is 0 Å². The molecule has 0 amide bonds.